The second kappa shape index (κ2) is 14.2. The van der Waals surface area contributed by atoms with Crippen LogP contribution in [0.4, 0.5) is 13.2 Å². The fourth-order valence-corrected chi connectivity index (χ4v) is 4.10. The minimum Gasteiger partial charge on any atom is -0.493 e. The van der Waals surface area contributed by atoms with Gasteiger partial charge in [-0.15, -0.1) is 0 Å². The first-order chi connectivity index (χ1) is 18.6. The molecule has 3 aromatic rings. The summed E-state index contributed by atoms with van der Waals surface area (Å²) in [6.07, 6.45) is -4.09. The van der Waals surface area contributed by atoms with Crippen molar-refractivity contribution in [3.8, 4) is 11.5 Å². The minimum absolute atomic E-state index is 0.0823. The molecular formula is C29H30F3NO6. The normalized spacial score (nSPS) is 14.1. The van der Waals surface area contributed by atoms with E-state index < -0.39 is 18.1 Å². The lowest BCUT2D eigenvalue weighted by Crippen LogP contribution is -2.25. The molecule has 0 fully saturated rings. The molecule has 2 N–H and O–H groups in total. The van der Waals surface area contributed by atoms with Crippen LogP contribution in [-0.2, 0) is 22.7 Å². The Morgan fingerprint density at radius 3 is 2.00 bits per heavy atom. The highest BCUT2D eigenvalue weighted by Crippen LogP contribution is 2.38. The van der Waals surface area contributed by atoms with Gasteiger partial charge in [0, 0.05) is 37.2 Å². The summed E-state index contributed by atoms with van der Waals surface area (Å²) in [6, 6.07) is 26.8. The van der Waals surface area contributed by atoms with Gasteiger partial charge in [0.25, 0.3) is 0 Å². The Morgan fingerprint density at radius 2 is 1.49 bits per heavy atom. The lowest BCUT2D eigenvalue weighted by atomic mass is 9.98. The number of carboxylic acid groups (broad SMARTS) is 2. The number of rotatable bonds is 11. The van der Waals surface area contributed by atoms with E-state index in [0.717, 1.165) is 43.1 Å². The van der Waals surface area contributed by atoms with E-state index in [-0.39, 0.29) is 12.3 Å². The van der Waals surface area contributed by atoms with Crippen LogP contribution in [0, 0.1) is 0 Å². The summed E-state index contributed by atoms with van der Waals surface area (Å²) in [7, 11) is 0. The van der Waals surface area contributed by atoms with E-state index in [4.69, 9.17) is 24.5 Å². The van der Waals surface area contributed by atoms with Crippen LogP contribution in [0.15, 0.2) is 78.9 Å². The van der Waals surface area contributed by atoms with Crippen LogP contribution < -0.4 is 9.47 Å². The molecule has 39 heavy (non-hydrogen) atoms. The maximum atomic E-state index is 11.0. The number of nitrogens with zero attached hydrogens (tertiary/aromatic N) is 1. The zero-order valence-electron chi connectivity index (χ0n) is 21.1. The van der Waals surface area contributed by atoms with Gasteiger partial charge >= 0.3 is 18.1 Å². The van der Waals surface area contributed by atoms with E-state index in [9.17, 15) is 18.0 Å². The van der Waals surface area contributed by atoms with Crippen LogP contribution in [0.1, 0.15) is 35.4 Å². The SMILES string of the molecule is O=C(O)C(F)(F)F.O=C(O)CC1COc2cc(OCCCN(Cc3ccccc3)Cc3ccccc3)ccc21. The lowest BCUT2D eigenvalue weighted by molar-refractivity contribution is -0.192. The molecule has 0 radical (unpaired) electrons. The number of ether oxygens (including phenoxy) is 2. The molecule has 1 unspecified atom stereocenters. The van der Waals surface area contributed by atoms with Crippen molar-refractivity contribution < 1.29 is 42.4 Å². The largest absolute Gasteiger partial charge is 0.493 e. The van der Waals surface area contributed by atoms with Gasteiger partial charge in [0.05, 0.1) is 19.6 Å². The molecule has 4 rings (SSSR count). The standard InChI is InChI=1S/C27H29NO4.C2HF3O2/c29-27(30)16-23-20-32-26-17-24(12-13-25(23)26)31-15-7-14-28(18-21-8-3-1-4-9-21)19-22-10-5-2-6-11-22;3-2(4,5)1(6)7/h1-6,8-13,17,23H,7,14-16,18-20H2,(H,29,30);(H,6,7). The van der Waals surface area contributed by atoms with E-state index in [1.54, 1.807) is 0 Å². The fraction of sp³-hybridized carbons (Fsp3) is 0.310. The van der Waals surface area contributed by atoms with Crippen LogP contribution in [-0.4, -0.2) is 53.0 Å². The highest BCUT2D eigenvalue weighted by atomic mass is 19.4. The number of aliphatic carboxylic acids is 2. The number of fused-ring (bicyclic) bond motifs is 1. The molecular weight excluding hydrogens is 515 g/mol. The zero-order chi connectivity index (χ0) is 28.3. The Hall–Kier alpha value is -4.05. The number of alkyl halides is 3. The molecule has 1 aliphatic heterocycles. The third-order valence-corrected chi connectivity index (χ3v) is 5.91. The first kappa shape index (κ1) is 29.5. The average molecular weight is 546 g/mol. The first-order valence-electron chi connectivity index (χ1n) is 12.3. The predicted octanol–water partition coefficient (Wildman–Crippen LogP) is 5.74. The molecule has 7 nitrogen and oxygen atoms in total. The summed E-state index contributed by atoms with van der Waals surface area (Å²) in [5.74, 6) is -2.14. The van der Waals surface area contributed by atoms with Crippen LogP contribution in [0.5, 0.6) is 11.5 Å². The summed E-state index contributed by atoms with van der Waals surface area (Å²) >= 11 is 0. The molecule has 0 aromatic heterocycles. The van der Waals surface area contributed by atoms with Crippen molar-refractivity contribution in [3.05, 3.63) is 95.6 Å². The third-order valence-electron chi connectivity index (χ3n) is 5.91. The Balaban J connectivity index is 0.000000532. The van der Waals surface area contributed by atoms with Crippen molar-refractivity contribution in [2.45, 2.75) is 38.0 Å². The van der Waals surface area contributed by atoms with Gasteiger partial charge < -0.3 is 19.7 Å². The summed E-state index contributed by atoms with van der Waals surface area (Å²) in [4.78, 5) is 22.3. The molecule has 0 saturated heterocycles. The van der Waals surface area contributed by atoms with Crippen LogP contribution in [0.3, 0.4) is 0 Å². The van der Waals surface area contributed by atoms with Crippen molar-refractivity contribution in [3.63, 3.8) is 0 Å². The Bertz CT molecular complexity index is 1160. The number of hydrogen-bond acceptors (Lipinski definition) is 5. The monoisotopic (exact) mass is 545 g/mol. The second-order valence-electron chi connectivity index (χ2n) is 8.99. The molecule has 0 bridgehead atoms. The van der Waals surface area contributed by atoms with E-state index in [1.807, 2.05) is 30.3 Å². The van der Waals surface area contributed by atoms with Gasteiger partial charge in [-0.3, -0.25) is 9.69 Å². The van der Waals surface area contributed by atoms with Crippen molar-refractivity contribution in [1.29, 1.82) is 0 Å². The van der Waals surface area contributed by atoms with Gasteiger partial charge in [-0.2, -0.15) is 13.2 Å². The molecule has 3 aromatic carbocycles. The Labute approximate surface area is 224 Å². The van der Waals surface area contributed by atoms with Crippen molar-refractivity contribution >= 4 is 11.9 Å². The summed E-state index contributed by atoms with van der Waals surface area (Å²) in [5, 5.41) is 16.2. The maximum Gasteiger partial charge on any atom is 0.490 e. The molecule has 0 aliphatic carbocycles. The predicted molar refractivity (Wildman–Crippen MR) is 138 cm³/mol. The van der Waals surface area contributed by atoms with E-state index in [0.29, 0.717) is 13.2 Å². The molecule has 0 saturated carbocycles. The number of benzene rings is 3. The van der Waals surface area contributed by atoms with E-state index in [1.165, 1.54) is 11.1 Å². The first-order valence-corrected chi connectivity index (χ1v) is 12.3. The van der Waals surface area contributed by atoms with Gasteiger partial charge in [0.15, 0.2) is 0 Å². The van der Waals surface area contributed by atoms with Gasteiger partial charge in [-0.25, -0.2) is 4.79 Å². The van der Waals surface area contributed by atoms with Crippen LogP contribution in [0.25, 0.3) is 0 Å². The summed E-state index contributed by atoms with van der Waals surface area (Å²) < 4.78 is 43.4. The highest BCUT2D eigenvalue weighted by molar-refractivity contribution is 5.73. The average Bonchev–Trinajstić information content (AvgIpc) is 3.29. The van der Waals surface area contributed by atoms with Crippen LogP contribution >= 0.6 is 0 Å². The number of carboxylic acids is 2. The van der Waals surface area contributed by atoms with Crippen LogP contribution in [0.2, 0.25) is 0 Å². The molecule has 0 spiro atoms. The third kappa shape index (κ3) is 9.97. The highest BCUT2D eigenvalue weighted by Gasteiger charge is 2.38. The molecule has 0 amide bonds. The number of hydrogen-bond donors (Lipinski definition) is 2. The Morgan fingerprint density at radius 1 is 0.923 bits per heavy atom. The lowest BCUT2D eigenvalue weighted by Gasteiger charge is -2.23. The second-order valence-corrected chi connectivity index (χ2v) is 8.99. The van der Waals surface area contributed by atoms with E-state index in [2.05, 4.69) is 53.4 Å². The molecule has 208 valence electrons. The smallest absolute Gasteiger partial charge is 0.490 e. The number of halogens is 3. The Kier molecular flexibility index (Phi) is 10.7. The zero-order valence-corrected chi connectivity index (χ0v) is 21.1. The number of carbonyl (C=O) groups is 2. The van der Waals surface area contributed by atoms with E-state index >= 15 is 0 Å². The quantitative estimate of drug-likeness (QED) is 0.297. The summed E-state index contributed by atoms with van der Waals surface area (Å²) in [6.45, 7) is 3.74. The molecule has 1 aliphatic rings. The van der Waals surface area contributed by atoms with Crippen molar-refractivity contribution in [1.82, 2.24) is 4.90 Å². The van der Waals surface area contributed by atoms with Gasteiger partial charge in [0.1, 0.15) is 11.5 Å². The minimum atomic E-state index is -5.08. The molecule has 10 heteroatoms. The maximum absolute atomic E-state index is 11.0. The molecule has 1 heterocycles. The summed E-state index contributed by atoms with van der Waals surface area (Å²) in [5.41, 5.74) is 3.56. The van der Waals surface area contributed by atoms with Crippen molar-refractivity contribution in [2.24, 2.45) is 0 Å². The van der Waals surface area contributed by atoms with Gasteiger partial charge in [0.2, 0.25) is 0 Å². The van der Waals surface area contributed by atoms with Crippen molar-refractivity contribution in [2.75, 3.05) is 19.8 Å². The van der Waals surface area contributed by atoms with Gasteiger partial charge in [-0.05, 0) is 23.6 Å². The van der Waals surface area contributed by atoms with Gasteiger partial charge in [-0.1, -0.05) is 66.7 Å². The fourth-order valence-electron chi connectivity index (χ4n) is 4.10. The topological polar surface area (TPSA) is 96.3 Å². The molecule has 1 atom stereocenters.